The zero-order chi connectivity index (χ0) is 28.4. The molecule has 0 saturated heterocycles. The van der Waals surface area contributed by atoms with Crippen molar-refractivity contribution in [3.05, 3.63) is 112 Å². The number of hydrogen-bond donors (Lipinski definition) is 0. The summed E-state index contributed by atoms with van der Waals surface area (Å²) in [6.07, 6.45) is 25.0. The van der Waals surface area contributed by atoms with Gasteiger partial charge in [0.15, 0.2) is 0 Å². The lowest BCUT2D eigenvalue weighted by Crippen LogP contribution is -2.43. The molecule has 2 heterocycles. The molecule has 0 radical (unpaired) electrons. The van der Waals surface area contributed by atoms with Gasteiger partial charge in [0.1, 0.15) is 0 Å². The Morgan fingerprint density at radius 3 is 2.81 bits per heavy atom. The fourth-order valence-electron chi connectivity index (χ4n) is 9.62. The molecule has 3 heteroatoms. The zero-order valence-electron chi connectivity index (χ0n) is 25.0. The lowest BCUT2D eigenvalue weighted by Gasteiger charge is -2.43. The van der Waals surface area contributed by atoms with Crippen LogP contribution >= 0.6 is 0 Å². The smallest absolute Gasteiger partial charge is 0.0992 e. The Bertz CT molecular complexity index is 1640. The Hall–Kier alpha value is -3.64. The van der Waals surface area contributed by atoms with Crippen molar-refractivity contribution in [2.24, 2.45) is 17.8 Å². The van der Waals surface area contributed by atoms with Gasteiger partial charge in [0, 0.05) is 35.3 Å². The van der Waals surface area contributed by atoms with Crippen LogP contribution in [0.1, 0.15) is 94.0 Å². The second kappa shape index (κ2) is 9.98. The van der Waals surface area contributed by atoms with Gasteiger partial charge in [-0.15, -0.1) is 0 Å². The summed E-state index contributed by atoms with van der Waals surface area (Å²) in [7, 11) is 0. The van der Waals surface area contributed by atoms with E-state index in [1.165, 1.54) is 61.6 Å². The third-order valence-electron chi connectivity index (χ3n) is 11.4. The number of hydrogen-bond acceptors (Lipinski definition) is 3. The molecular formula is C39H41N3. The number of benzene rings is 1. The van der Waals surface area contributed by atoms with Crippen LogP contribution in [0.25, 0.3) is 11.1 Å². The van der Waals surface area contributed by atoms with Crippen LogP contribution in [-0.4, -0.2) is 22.0 Å². The fourth-order valence-corrected chi connectivity index (χ4v) is 9.62. The normalized spacial score (nSPS) is 30.8. The second-order valence-corrected chi connectivity index (χ2v) is 13.9. The number of rotatable bonds is 3. The molecular weight excluding hydrogens is 510 g/mol. The Labute approximate surface area is 251 Å². The van der Waals surface area contributed by atoms with Crippen LogP contribution in [0.2, 0.25) is 0 Å². The lowest BCUT2D eigenvalue weighted by atomic mass is 9.71. The number of nitrogens with zero attached hydrogens (tertiary/aromatic N) is 3. The van der Waals surface area contributed by atoms with E-state index in [9.17, 15) is 5.26 Å². The van der Waals surface area contributed by atoms with Crippen molar-refractivity contribution in [1.29, 1.82) is 5.26 Å². The minimum Gasteiger partial charge on any atom is -0.364 e. The van der Waals surface area contributed by atoms with Crippen molar-refractivity contribution in [2.45, 2.75) is 89.1 Å². The summed E-state index contributed by atoms with van der Waals surface area (Å²) in [4.78, 5) is 7.59. The molecule has 2 aromatic rings. The van der Waals surface area contributed by atoms with Crippen LogP contribution in [0, 0.1) is 29.1 Å². The fraction of sp³-hybridized carbons (Fsp3) is 0.436. The Morgan fingerprint density at radius 1 is 1.00 bits per heavy atom. The molecule has 0 amide bonds. The maximum atomic E-state index is 9.42. The standard InChI is InChI=1S/C39H41N3/c1-39(2)33-15-5-3-13-30(33)31-17-18-36-37(38(31)39)32-14-4-6-16-35(32)42(36)29-12-8-10-27(23-29)26-9-7-11-28(22-26)34-21-25(24-40)19-20-41-34/h3-5,8,11-15,19-21,26-27,29,32,35H,6-7,9-10,16-18,22-23H2,1-2H3. The van der Waals surface area contributed by atoms with E-state index in [1.807, 2.05) is 12.1 Å². The van der Waals surface area contributed by atoms with Crippen molar-refractivity contribution in [2.75, 3.05) is 0 Å². The highest BCUT2D eigenvalue weighted by Gasteiger charge is 2.51. The topological polar surface area (TPSA) is 39.9 Å². The SMILES string of the molecule is CC1(C)C2=C(CCC3=C2C2C=CCCC2N3C2C=CCC(C3CCC=C(c4cc(C#N)ccn4)C3)C2)c2ccccc21. The summed E-state index contributed by atoms with van der Waals surface area (Å²) in [6, 6.07) is 16.4. The highest BCUT2D eigenvalue weighted by molar-refractivity contribution is 5.86. The van der Waals surface area contributed by atoms with Crippen LogP contribution in [0.5, 0.6) is 0 Å². The first-order valence-corrected chi connectivity index (χ1v) is 16.3. The molecule has 1 aliphatic heterocycles. The van der Waals surface area contributed by atoms with Gasteiger partial charge in [-0.1, -0.05) is 68.5 Å². The van der Waals surface area contributed by atoms with Crippen LogP contribution in [0.15, 0.2) is 89.8 Å². The van der Waals surface area contributed by atoms with Crippen molar-refractivity contribution < 1.29 is 0 Å². The first-order valence-electron chi connectivity index (χ1n) is 16.3. The summed E-state index contributed by atoms with van der Waals surface area (Å²) in [5, 5.41) is 9.42. The second-order valence-electron chi connectivity index (χ2n) is 13.9. The summed E-state index contributed by atoms with van der Waals surface area (Å²) in [6.45, 7) is 4.94. The van der Waals surface area contributed by atoms with Gasteiger partial charge >= 0.3 is 0 Å². The van der Waals surface area contributed by atoms with Crippen molar-refractivity contribution in [3.8, 4) is 6.07 Å². The Kier molecular flexibility index (Phi) is 6.18. The molecule has 212 valence electrons. The zero-order valence-corrected chi connectivity index (χ0v) is 25.0. The molecule has 0 bridgehead atoms. The predicted molar refractivity (Wildman–Crippen MR) is 170 cm³/mol. The molecule has 0 spiro atoms. The molecule has 0 fully saturated rings. The van der Waals surface area contributed by atoms with Gasteiger partial charge in [0.05, 0.1) is 17.3 Å². The monoisotopic (exact) mass is 551 g/mol. The molecule has 0 saturated carbocycles. The largest absolute Gasteiger partial charge is 0.364 e. The Balaban J connectivity index is 1.10. The molecule has 5 atom stereocenters. The molecule has 6 aliphatic rings. The maximum Gasteiger partial charge on any atom is 0.0992 e. The summed E-state index contributed by atoms with van der Waals surface area (Å²) in [5.41, 5.74) is 12.8. The van der Waals surface area contributed by atoms with Gasteiger partial charge in [0.25, 0.3) is 0 Å². The molecule has 1 aromatic carbocycles. The van der Waals surface area contributed by atoms with Crippen molar-refractivity contribution >= 4 is 11.1 Å². The van der Waals surface area contributed by atoms with E-state index in [4.69, 9.17) is 0 Å². The van der Waals surface area contributed by atoms with Gasteiger partial charge < -0.3 is 4.90 Å². The number of aromatic nitrogens is 1. The number of fused-ring (bicyclic) bond motifs is 5. The molecule has 0 N–H and O–H groups in total. The average molecular weight is 552 g/mol. The highest BCUT2D eigenvalue weighted by Crippen LogP contribution is 2.60. The lowest BCUT2D eigenvalue weighted by molar-refractivity contribution is 0.150. The molecule has 42 heavy (non-hydrogen) atoms. The van der Waals surface area contributed by atoms with E-state index in [0.717, 1.165) is 18.5 Å². The van der Waals surface area contributed by atoms with E-state index >= 15 is 0 Å². The molecule has 3 nitrogen and oxygen atoms in total. The highest BCUT2D eigenvalue weighted by atomic mass is 15.2. The van der Waals surface area contributed by atoms with Gasteiger partial charge in [-0.2, -0.15) is 5.26 Å². The number of allylic oxidation sites excluding steroid dienone is 7. The number of nitriles is 1. The third kappa shape index (κ3) is 3.94. The van der Waals surface area contributed by atoms with Crippen LogP contribution in [0.4, 0.5) is 0 Å². The van der Waals surface area contributed by atoms with E-state index in [-0.39, 0.29) is 5.41 Å². The summed E-state index contributed by atoms with van der Waals surface area (Å²) < 4.78 is 0. The molecule has 5 aliphatic carbocycles. The van der Waals surface area contributed by atoms with E-state index < -0.39 is 0 Å². The first-order chi connectivity index (χ1) is 20.5. The van der Waals surface area contributed by atoms with Crippen LogP contribution in [-0.2, 0) is 5.41 Å². The molecule has 5 unspecified atom stereocenters. The minimum absolute atomic E-state index is 0.0609. The van der Waals surface area contributed by atoms with Crippen molar-refractivity contribution in [3.63, 3.8) is 0 Å². The van der Waals surface area contributed by atoms with Gasteiger partial charge in [-0.25, -0.2) is 0 Å². The van der Waals surface area contributed by atoms with Crippen molar-refractivity contribution in [1.82, 2.24) is 9.88 Å². The quantitative estimate of drug-likeness (QED) is 0.358. The summed E-state index contributed by atoms with van der Waals surface area (Å²) in [5.74, 6) is 1.88. The summed E-state index contributed by atoms with van der Waals surface area (Å²) >= 11 is 0. The first kappa shape index (κ1) is 26.0. The Morgan fingerprint density at radius 2 is 1.90 bits per heavy atom. The maximum absolute atomic E-state index is 9.42. The van der Waals surface area contributed by atoms with E-state index in [2.05, 4.69) is 84.4 Å². The third-order valence-corrected chi connectivity index (χ3v) is 11.4. The van der Waals surface area contributed by atoms with Gasteiger partial charge in [-0.3, -0.25) is 4.98 Å². The predicted octanol–water partition coefficient (Wildman–Crippen LogP) is 8.91. The minimum atomic E-state index is 0.0609. The number of pyridine rings is 1. The van der Waals surface area contributed by atoms with E-state index in [1.54, 1.807) is 28.6 Å². The van der Waals surface area contributed by atoms with Crippen LogP contribution in [0.3, 0.4) is 0 Å². The average Bonchev–Trinajstić information content (AvgIpc) is 3.50. The molecule has 8 rings (SSSR count). The van der Waals surface area contributed by atoms with Gasteiger partial charge in [0.2, 0.25) is 0 Å². The van der Waals surface area contributed by atoms with Gasteiger partial charge in [-0.05, 0) is 115 Å². The molecule has 1 aromatic heterocycles. The van der Waals surface area contributed by atoms with E-state index in [0.29, 0.717) is 35.4 Å². The van der Waals surface area contributed by atoms with Crippen LogP contribution < -0.4 is 0 Å².